The van der Waals surface area contributed by atoms with Crippen molar-refractivity contribution in [3.63, 3.8) is 0 Å². The second-order valence-electron chi connectivity index (χ2n) is 5.43. The Morgan fingerprint density at radius 2 is 2.05 bits per heavy atom. The Balaban J connectivity index is 1.89. The van der Waals surface area contributed by atoms with Crippen molar-refractivity contribution >= 4 is 34.0 Å². The first kappa shape index (κ1) is 14.6. The van der Waals surface area contributed by atoms with Gasteiger partial charge in [0.05, 0.1) is 8.49 Å². The average Bonchev–Trinajstić information content (AvgIpc) is 2.37. The molecule has 0 aromatic heterocycles. The van der Waals surface area contributed by atoms with Gasteiger partial charge in [-0.25, -0.2) is 0 Å². The zero-order valence-corrected chi connectivity index (χ0v) is 13.2. The van der Waals surface area contributed by atoms with Crippen LogP contribution in [0.5, 0.6) is 0 Å². The molecule has 104 valence electrons. The lowest BCUT2D eigenvalue weighted by Crippen LogP contribution is -2.20. The molecule has 1 fully saturated rings. The third kappa shape index (κ3) is 4.06. The third-order valence-corrected chi connectivity index (χ3v) is 4.74. The Kier molecular flexibility index (Phi) is 5.01. The predicted molar refractivity (Wildman–Crippen MR) is 85.4 cm³/mol. The van der Waals surface area contributed by atoms with Crippen LogP contribution in [0.1, 0.15) is 32.6 Å². The van der Waals surface area contributed by atoms with Gasteiger partial charge in [0.2, 0.25) is 0 Å². The molecule has 1 aromatic carbocycles. The molecule has 1 aromatic rings. The van der Waals surface area contributed by atoms with Gasteiger partial charge in [0.1, 0.15) is 0 Å². The van der Waals surface area contributed by atoms with Crippen LogP contribution in [0.25, 0.3) is 0 Å². The van der Waals surface area contributed by atoms with E-state index in [0.717, 1.165) is 24.1 Å². The molecule has 0 heterocycles. The summed E-state index contributed by atoms with van der Waals surface area (Å²) in [4.78, 5) is 10.4. The number of benzene rings is 1. The first-order valence-electron chi connectivity index (χ1n) is 6.74. The molecule has 1 N–H and O–H groups in total. The molecule has 0 spiro atoms. The molecule has 1 aliphatic rings. The normalized spacial score (nSPS) is 23.1. The summed E-state index contributed by atoms with van der Waals surface area (Å²) >= 11 is 2.02. The summed E-state index contributed by atoms with van der Waals surface area (Å²) in [7, 11) is 0. The number of anilines is 1. The van der Waals surface area contributed by atoms with E-state index in [1.165, 1.54) is 25.7 Å². The van der Waals surface area contributed by atoms with E-state index in [4.69, 9.17) is 0 Å². The lowest BCUT2D eigenvalue weighted by molar-refractivity contribution is -0.385. The number of nitrogens with zero attached hydrogens (tertiary/aromatic N) is 1. The van der Waals surface area contributed by atoms with Gasteiger partial charge >= 0.3 is 0 Å². The first-order valence-corrected chi connectivity index (χ1v) is 7.82. The smallest absolute Gasteiger partial charge is 0.282 e. The van der Waals surface area contributed by atoms with E-state index < -0.39 is 0 Å². The fourth-order valence-corrected chi connectivity index (χ4v) is 3.27. The number of nitro groups is 1. The molecule has 0 saturated heterocycles. The molecule has 0 amide bonds. The standard InChI is InChI=1S/C14H19IN2O2/c1-10-2-4-11(5-3-10)9-16-12-6-7-14(17(18)19)13(15)8-12/h6-8,10-11,16H,2-5,9H2,1H3. The first-order chi connectivity index (χ1) is 9.06. The van der Waals surface area contributed by atoms with Crippen LogP contribution in [0.3, 0.4) is 0 Å². The molecule has 0 atom stereocenters. The summed E-state index contributed by atoms with van der Waals surface area (Å²) in [5.41, 5.74) is 1.16. The highest BCUT2D eigenvalue weighted by atomic mass is 127. The maximum absolute atomic E-state index is 10.7. The quantitative estimate of drug-likeness (QED) is 0.482. The molecule has 0 aliphatic heterocycles. The Bertz CT molecular complexity index is 457. The van der Waals surface area contributed by atoms with Gasteiger partial charge in [-0.05, 0) is 59.4 Å². The predicted octanol–water partition coefficient (Wildman–Crippen LogP) is 4.44. The molecule has 4 nitrogen and oxygen atoms in total. The topological polar surface area (TPSA) is 55.2 Å². The van der Waals surface area contributed by atoms with E-state index >= 15 is 0 Å². The zero-order valence-electron chi connectivity index (χ0n) is 11.1. The molecule has 1 saturated carbocycles. The number of nitrogens with one attached hydrogen (secondary N) is 1. The fraction of sp³-hybridized carbons (Fsp3) is 0.571. The second-order valence-corrected chi connectivity index (χ2v) is 6.59. The van der Waals surface area contributed by atoms with Crippen LogP contribution in [0, 0.1) is 25.5 Å². The highest BCUT2D eigenvalue weighted by Crippen LogP contribution is 2.29. The summed E-state index contributed by atoms with van der Waals surface area (Å²) in [5, 5.41) is 14.2. The number of halogens is 1. The van der Waals surface area contributed by atoms with Crippen LogP contribution in [0.15, 0.2) is 18.2 Å². The molecule has 0 unspecified atom stereocenters. The Morgan fingerprint density at radius 1 is 1.37 bits per heavy atom. The largest absolute Gasteiger partial charge is 0.385 e. The van der Waals surface area contributed by atoms with E-state index in [1.807, 2.05) is 28.7 Å². The second kappa shape index (κ2) is 6.54. The molecule has 0 radical (unpaired) electrons. The average molecular weight is 374 g/mol. The SMILES string of the molecule is CC1CCC(CNc2ccc([N+](=O)[O-])c(I)c2)CC1. The van der Waals surface area contributed by atoms with Crippen molar-refractivity contribution in [3.05, 3.63) is 31.9 Å². The summed E-state index contributed by atoms with van der Waals surface area (Å²) in [6.07, 6.45) is 5.23. The summed E-state index contributed by atoms with van der Waals surface area (Å²) < 4.78 is 0.685. The lowest BCUT2D eigenvalue weighted by Gasteiger charge is -2.26. The van der Waals surface area contributed by atoms with E-state index in [1.54, 1.807) is 12.1 Å². The van der Waals surface area contributed by atoms with Gasteiger partial charge in [0.25, 0.3) is 5.69 Å². The molecular formula is C14H19IN2O2. The number of hydrogen-bond acceptors (Lipinski definition) is 3. The highest BCUT2D eigenvalue weighted by Gasteiger charge is 2.18. The Hall–Kier alpha value is -0.850. The van der Waals surface area contributed by atoms with E-state index in [2.05, 4.69) is 12.2 Å². The lowest BCUT2D eigenvalue weighted by atomic mass is 9.83. The molecule has 1 aliphatic carbocycles. The Labute approximate surface area is 127 Å². The van der Waals surface area contributed by atoms with Crippen molar-refractivity contribution in [3.8, 4) is 0 Å². The minimum Gasteiger partial charge on any atom is -0.385 e. The molecular weight excluding hydrogens is 355 g/mol. The van der Waals surface area contributed by atoms with E-state index in [-0.39, 0.29) is 10.6 Å². The Morgan fingerprint density at radius 3 is 2.63 bits per heavy atom. The fourth-order valence-electron chi connectivity index (χ4n) is 2.56. The maximum atomic E-state index is 10.7. The van der Waals surface area contributed by atoms with Gasteiger partial charge < -0.3 is 5.32 Å². The monoisotopic (exact) mass is 374 g/mol. The minimum atomic E-state index is -0.339. The van der Waals surface area contributed by atoms with Crippen molar-refractivity contribution in [2.24, 2.45) is 11.8 Å². The zero-order chi connectivity index (χ0) is 13.8. The summed E-state index contributed by atoms with van der Waals surface area (Å²) in [5.74, 6) is 1.61. The molecule has 5 heteroatoms. The molecule has 19 heavy (non-hydrogen) atoms. The van der Waals surface area contributed by atoms with Crippen molar-refractivity contribution in [2.75, 3.05) is 11.9 Å². The van der Waals surface area contributed by atoms with Gasteiger partial charge in [0.15, 0.2) is 0 Å². The maximum Gasteiger partial charge on any atom is 0.282 e. The van der Waals surface area contributed by atoms with Crippen LogP contribution in [-0.2, 0) is 0 Å². The van der Waals surface area contributed by atoms with Gasteiger partial charge in [-0.1, -0.05) is 19.8 Å². The number of nitro benzene ring substituents is 1. The van der Waals surface area contributed by atoms with Crippen molar-refractivity contribution < 1.29 is 4.92 Å². The number of rotatable bonds is 4. The van der Waals surface area contributed by atoms with Crippen LogP contribution in [-0.4, -0.2) is 11.5 Å². The van der Waals surface area contributed by atoms with Gasteiger partial charge in [-0.3, -0.25) is 10.1 Å². The van der Waals surface area contributed by atoms with Crippen LogP contribution >= 0.6 is 22.6 Å². The molecule has 0 bridgehead atoms. The van der Waals surface area contributed by atoms with Crippen LogP contribution < -0.4 is 5.32 Å². The van der Waals surface area contributed by atoms with Crippen molar-refractivity contribution in [1.82, 2.24) is 0 Å². The van der Waals surface area contributed by atoms with Gasteiger partial charge in [-0.2, -0.15) is 0 Å². The van der Waals surface area contributed by atoms with Crippen molar-refractivity contribution in [1.29, 1.82) is 0 Å². The summed E-state index contributed by atoms with van der Waals surface area (Å²) in [6.45, 7) is 3.29. The third-order valence-electron chi connectivity index (χ3n) is 3.87. The van der Waals surface area contributed by atoms with Gasteiger partial charge in [0, 0.05) is 18.3 Å². The minimum absolute atomic E-state index is 0.178. The summed E-state index contributed by atoms with van der Waals surface area (Å²) in [6, 6.07) is 5.23. The van der Waals surface area contributed by atoms with E-state index in [9.17, 15) is 10.1 Å². The number of hydrogen-bond donors (Lipinski definition) is 1. The van der Waals surface area contributed by atoms with Crippen LogP contribution in [0.4, 0.5) is 11.4 Å². The highest BCUT2D eigenvalue weighted by molar-refractivity contribution is 14.1. The van der Waals surface area contributed by atoms with E-state index in [0.29, 0.717) is 3.57 Å². The van der Waals surface area contributed by atoms with Crippen LogP contribution in [0.2, 0.25) is 0 Å². The molecule has 2 rings (SSSR count). The van der Waals surface area contributed by atoms with Gasteiger partial charge in [-0.15, -0.1) is 0 Å². The van der Waals surface area contributed by atoms with Crippen molar-refractivity contribution in [2.45, 2.75) is 32.6 Å².